The number of pyridine rings is 2. The Morgan fingerprint density at radius 1 is 1.27 bits per heavy atom. The summed E-state index contributed by atoms with van der Waals surface area (Å²) in [6.45, 7) is 0.359. The predicted molar refractivity (Wildman–Crippen MR) is 116 cm³/mol. The number of fused-ring (bicyclic) bond motifs is 5. The highest BCUT2D eigenvalue weighted by Gasteiger charge is 2.31. The summed E-state index contributed by atoms with van der Waals surface area (Å²) in [4.78, 5) is 29.6. The predicted octanol–water partition coefficient (Wildman–Crippen LogP) is 2.79. The summed E-state index contributed by atoms with van der Waals surface area (Å²) in [5.41, 5.74) is 3.44. The summed E-state index contributed by atoms with van der Waals surface area (Å²) in [7, 11) is 1.45. The standard InChI is InChI=1S/C24H18N2O7/c1-30-10-15-12(18(28)9-27)5-17-23-14(8-26(17)24(15)29)22(19-3-2-4-31-19)13-6-20-21(33-11-32-20)7-16(13)25-23/h2-7,9,18,28H,8,10-11H2,1H3. The van der Waals surface area contributed by atoms with Crippen molar-refractivity contribution in [2.24, 2.45) is 0 Å². The molecular formula is C24H18N2O7. The second kappa shape index (κ2) is 7.29. The Labute approximate surface area is 186 Å². The average Bonchev–Trinajstić information content (AvgIpc) is 3.57. The first-order valence-electron chi connectivity index (χ1n) is 10.3. The van der Waals surface area contributed by atoms with E-state index in [1.165, 1.54) is 7.11 Å². The van der Waals surface area contributed by atoms with E-state index >= 15 is 0 Å². The largest absolute Gasteiger partial charge is 0.464 e. The number of nitrogens with zero attached hydrogens (tertiary/aromatic N) is 2. The van der Waals surface area contributed by atoms with E-state index in [9.17, 15) is 14.7 Å². The van der Waals surface area contributed by atoms with Crippen LogP contribution in [-0.2, 0) is 22.7 Å². The van der Waals surface area contributed by atoms with Gasteiger partial charge in [0.15, 0.2) is 17.8 Å². The first-order valence-corrected chi connectivity index (χ1v) is 10.3. The molecule has 1 unspecified atom stereocenters. The van der Waals surface area contributed by atoms with Gasteiger partial charge in [-0.1, -0.05) is 0 Å². The van der Waals surface area contributed by atoms with Crippen LogP contribution < -0.4 is 15.0 Å². The molecule has 2 aliphatic rings. The van der Waals surface area contributed by atoms with Crippen LogP contribution in [-0.4, -0.2) is 34.8 Å². The number of hydrogen-bond acceptors (Lipinski definition) is 8. The second-order valence-electron chi connectivity index (χ2n) is 7.88. The monoisotopic (exact) mass is 446 g/mol. The number of aldehydes is 1. The number of methoxy groups -OCH3 is 1. The van der Waals surface area contributed by atoms with Gasteiger partial charge in [0.25, 0.3) is 5.56 Å². The highest BCUT2D eigenvalue weighted by molar-refractivity contribution is 6.00. The summed E-state index contributed by atoms with van der Waals surface area (Å²) < 4.78 is 23.6. The van der Waals surface area contributed by atoms with Gasteiger partial charge in [-0.05, 0) is 24.3 Å². The van der Waals surface area contributed by atoms with Crippen LogP contribution >= 0.6 is 0 Å². The molecule has 5 heterocycles. The minimum Gasteiger partial charge on any atom is -0.464 e. The SMILES string of the molecule is COCc1c(C(O)C=O)cc2n(c1=O)Cc1c-2nc2cc3c(cc2c1-c1ccco1)OCO3. The maximum atomic E-state index is 13.4. The fraction of sp³-hybridized carbons (Fsp3) is 0.208. The molecule has 0 amide bonds. The zero-order valence-electron chi connectivity index (χ0n) is 17.5. The molecule has 0 saturated carbocycles. The van der Waals surface area contributed by atoms with E-state index < -0.39 is 6.10 Å². The van der Waals surface area contributed by atoms with E-state index in [-0.39, 0.29) is 36.6 Å². The second-order valence-corrected chi connectivity index (χ2v) is 7.88. The summed E-state index contributed by atoms with van der Waals surface area (Å²) in [5, 5.41) is 11.1. The van der Waals surface area contributed by atoms with Crippen LogP contribution in [0, 0.1) is 0 Å². The number of aliphatic hydroxyl groups is 1. The van der Waals surface area contributed by atoms with E-state index in [4.69, 9.17) is 23.6 Å². The van der Waals surface area contributed by atoms with Crippen molar-refractivity contribution in [2.75, 3.05) is 13.9 Å². The van der Waals surface area contributed by atoms with Crippen molar-refractivity contribution < 1.29 is 28.5 Å². The van der Waals surface area contributed by atoms with Crippen molar-refractivity contribution in [1.82, 2.24) is 9.55 Å². The molecule has 0 spiro atoms. The Balaban J connectivity index is 1.68. The van der Waals surface area contributed by atoms with Gasteiger partial charge in [0, 0.05) is 40.8 Å². The van der Waals surface area contributed by atoms with Crippen molar-refractivity contribution >= 4 is 17.2 Å². The topological polar surface area (TPSA) is 113 Å². The van der Waals surface area contributed by atoms with E-state index in [0.29, 0.717) is 40.4 Å². The van der Waals surface area contributed by atoms with Crippen molar-refractivity contribution in [3.05, 3.63) is 63.6 Å². The van der Waals surface area contributed by atoms with Gasteiger partial charge in [-0.2, -0.15) is 0 Å². The molecule has 9 nitrogen and oxygen atoms in total. The van der Waals surface area contributed by atoms with Crippen LogP contribution in [0.2, 0.25) is 0 Å². The Morgan fingerprint density at radius 3 is 2.82 bits per heavy atom. The first-order chi connectivity index (χ1) is 16.1. The lowest BCUT2D eigenvalue weighted by Crippen LogP contribution is -2.26. The van der Waals surface area contributed by atoms with Gasteiger partial charge in [0.1, 0.15) is 11.9 Å². The number of furan rings is 1. The number of ether oxygens (including phenoxy) is 3. The van der Waals surface area contributed by atoms with E-state index in [0.717, 1.165) is 16.5 Å². The molecule has 0 aliphatic carbocycles. The maximum absolute atomic E-state index is 13.4. The molecule has 0 radical (unpaired) electrons. The molecule has 1 aromatic carbocycles. The fourth-order valence-electron chi connectivity index (χ4n) is 4.61. The lowest BCUT2D eigenvalue weighted by Gasteiger charge is -2.14. The third-order valence-electron chi connectivity index (χ3n) is 6.08. The lowest BCUT2D eigenvalue weighted by molar-refractivity contribution is -0.115. The zero-order valence-corrected chi connectivity index (χ0v) is 17.5. The Hall–Kier alpha value is -3.95. The van der Waals surface area contributed by atoms with Crippen LogP contribution in [0.25, 0.3) is 33.6 Å². The zero-order chi connectivity index (χ0) is 22.7. The van der Waals surface area contributed by atoms with Gasteiger partial charge < -0.3 is 33.1 Å². The molecule has 4 aromatic rings. The van der Waals surface area contributed by atoms with Gasteiger partial charge in [0.2, 0.25) is 6.79 Å². The minimum absolute atomic E-state index is 0.0302. The van der Waals surface area contributed by atoms with Crippen molar-refractivity contribution in [3.8, 4) is 34.2 Å². The quantitative estimate of drug-likeness (QED) is 0.410. The molecule has 9 heteroatoms. The molecule has 0 fully saturated rings. The summed E-state index contributed by atoms with van der Waals surface area (Å²) in [6.07, 6.45) is 0.533. The smallest absolute Gasteiger partial charge is 0.257 e. The lowest BCUT2D eigenvalue weighted by atomic mass is 9.97. The maximum Gasteiger partial charge on any atom is 0.257 e. The van der Waals surface area contributed by atoms with Gasteiger partial charge in [-0.15, -0.1) is 0 Å². The molecule has 0 bridgehead atoms. The number of rotatable bonds is 5. The van der Waals surface area contributed by atoms with Crippen LogP contribution in [0.15, 0.2) is 45.8 Å². The van der Waals surface area contributed by atoms with E-state index in [1.54, 1.807) is 29.0 Å². The minimum atomic E-state index is -1.45. The van der Waals surface area contributed by atoms with Crippen LogP contribution in [0.3, 0.4) is 0 Å². The van der Waals surface area contributed by atoms with E-state index in [2.05, 4.69) is 0 Å². The highest BCUT2D eigenvalue weighted by Crippen LogP contribution is 2.45. The van der Waals surface area contributed by atoms with Gasteiger partial charge in [0.05, 0.1) is 36.3 Å². The summed E-state index contributed by atoms with van der Waals surface area (Å²) in [6, 6.07) is 8.95. The fourth-order valence-corrected chi connectivity index (χ4v) is 4.61. The van der Waals surface area contributed by atoms with Crippen LogP contribution in [0.5, 0.6) is 11.5 Å². The number of aromatic nitrogens is 2. The molecule has 3 aromatic heterocycles. The number of hydrogen-bond donors (Lipinski definition) is 1. The van der Waals surface area contributed by atoms with Crippen molar-refractivity contribution in [2.45, 2.75) is 19.3 Å². The molecule has 1 N–H and O–H groups in total. The molecule has 33 heavy (non-hydrogen) atoms. The van der Waals surface area contributed by atoms with Crippen LogP contribution in [0.1, 0.15) is 22.8 Å². The Morgan fingerprint density at radius 2 is 2.09 bits per heavy atom. The number of carbonyl (C=O) groups excluding carboxylic acids is 1. The third-order valence-corrected chi connectivity index (χ3v) is 6.08. The first kappa shape index (κ1) is 19.7. The molecule has 0 saturated heterocycles. The Bertz CT molecular complexity index is 1490. The van der Waals surface area contributed by atoms with Crippen molar-refractivity contribution in [3.63, 3.8) is 0 Å². The molecule has 166 valence electrons. The van der Waals surface area contributed by atoms with Crippen molar-refractivity contribution in [1.29, 1.82) is 0 Å². The summed E-state index contributed by atoms with van der Waals surface area (Å²) >= 11 is 0. The normalized spacial score (nSPS) is 14.4. The number of benzene rings is 1. The van der Waals surface area contributed by atoms with Gasteiger partial charge in [-0.3, -0.25) is 4.79 Å². The number of carbonyl (C=O) groups is 1. The van der Waals surface area contributed by atoms with Crippen LogP contribution in [0.4, 0.5) is 0 Å². The molecular weight excluding hydrogens is 428 g/mol. The molecule has 6 rings (SSSR count). The molecule has 1 atom stereocenters. The Kier molecular flexibility index (Phi) is 4.36. The van der Waals surface area contributed by atoms with Gasteiger partial charge >= 0.3 is 0 Å². The number of aliphatic hydroxyl groups excluding tert-OH is 1. The third kappa shape index (κ3) is 2.83. The highest BCUT2D eigenvalue weighted by atomic mass is 16.7. The summed E-state index contributed by atoms with van der Waals surface area (Å²) in [5.74, 6) is 1.83. The molecule has 2 aliphatic heterocycles. The average molecular weight is 446 g/mol. The van der Waals surface area contributed by atoms with Gasteiger partial charge in [-0.25, -0.2) is 4.98 Å². The van der Waals surface area contributed by atoms with E-state index in [1.807, 2.05) is 12.1 Å².